The van der Waals surface area contributed by atoms with Gasteiger partial charge in [0, 0.05) is 0 Å². The van der Waals surface area contributed by atoms with Crippen LogP contribution < -0.4 is 4.74 Å². The number of hydrogen-bond donors (Lipinski definition) is 2. The van der Waals surface area contributed by atoms with Crippen LogP contribution in [0, 0.1) is 4.64 Å². The number of aromatic amines is 1. The van der Waals surface area contributed by atoms with Crippen molar-refractivity contribution in [2.45, 2.75) is 0 Å². The highest BCUT2D eigenvalue weighted by molar-refractivity contribution is 7.71. The summed E-state index contributed by atoms with van der Waals surface area (Å²) in [4.78, 5) is 16.6. The number of rotatable bonds is 2. The number of aromatic carboxylic acids is 1. The highest BCUT2D eigenvalue weighted by Gasteiger charge is 2.06. The highest BCUT2D eigenvalue weighted by atomic mass is 32.1. The molecule has 0 aliphatic rings. The van der Waals surface area contributed by atoms with E-state index >= 15 is 0 Å². The molecular weight excluding hydrogens is 180 g/mol. The van der Waals surface area contributed by atoms with Crippen molar-refractivity contribution < 1.29 is 14.6 Å². The van der Waals surface area contributed by atoms with Gasteiger partial charge in [0.2, 0.25) is 0 Å². The van der Waals surface area contributed by atoms with E-state index in [4.69, 9.17) is 22.1 Å². The Morgan fingerprint density at radius 3 is 2.92 bits per heavy atom. The van der Waals surface area contributed by atoms with Gasteiger partial charge >= 0.3 is 5.97 Å². The van der Waals surface area contributed by atoms with Crippen LogP contribution in [-0.2, 0) is 0 Å². The van der Waals surface area contributed by atoms with E-state index < -0.39 is 5.97 Å². The Bertz CT molecular complexity index is 360. The Kier molecular flexibility index (Phi) is 2.39. The van der Waals surface area contributed by atoms with Gasteiger partial charge in [0.25, 0.3) is 6.01 Å². The van der Waals surface area contributed by atoms with E-state index in [0.717, 1.165) is 6.20 Å². The molecule has 1 aromatic heterocycles. The number of carboxylic acids is 1. The average molecular weight is 186 g/mol. The van der Waals surface area contributed by atoms with Crippen molar-refractivity contribution in [2.75, 3.05) is 7.11 Å². The van der Waals surface area contributed by atoms with E-state index in [1.165, 1.54) is 7.11 Å². The monoisotopic (exact) mass is 186 g/mol. The zero-order valence-electron chi connectivity index (χ0n) is 6.20. The predicted octanol–water partition coefficient (Wildman–Crippen LogP) is 0.846. The topological polar surface area (TPSA) is 75.2 Å². The van der Waals surface area contributed by atoms with E-state index in [0.29, 0.717) is 0 Å². The number of aromatic nitrogens is 2. The molecule has 6 heteroatoms. The summed E-state index contributed by atoms with van der Waals surface area (Å²) in [7, 11) is 1.41. The molecule has 1 heterocycles. The number of H-pyrrole nitrogens is 1. The third-order valence-electron chi connectivity index (χ3n) is 1.20. The van der Waals surface area contributed by atoms with Crippen LogP contribution in [0.3, 0.4) is 0 Å². The number of carboxylic acid groups (broad SMARTS) is 1. The van der Waals surface area contributed by atoms with Gasteiger partial charge in [-0.05, 0) is 0 Å². The lowest BCUT2D eigenvalue weighted by molar-refractivity contribution is 0.0695. The number of ether oxygens (including phenoxy) is 1. The minimum Gasteiger partial charge on any atom is -0.478 e. The smallest absolute Gasteiger partial charge is 0.340 e. The third-order valence-corrected chi connectivity index (χ3v) is 1.52. The fourth-order valence-corrected chi connectivity index (χ4v) is 0.862. The third kappa shape index (κ3) is 1.59. The number of methoxy groups -OCH3 is 1. The largest absolute Gasteiger partial charge is 0.478 e. The van der Waals surface area contributed by atoms with Crippen LogP contribution >= 0.6 is 12.2 Å². The first-order valence-corrected chi connectivity index (χ1v) is 3.42. The molecule has 1 aromatic rings. The van der Waals surface area contributed by atoms with Gasteiger partial charge in [-0.2, -0.15) is 0 Å². The zero-order valence-corrected chi connectivity index (χ0v) is 7.01. The first-order chi connectivity index (χ1) is 5.65. The Labute approximate surface area is 73.0 Å². The van der Waals surface area contributed by atoms with Crippen molar-refractivity contribution >= 4 is 18.2 Å². The van der Waals surface area contributed by atoms with Crippen molar-refractivity contribution in [2.24, 2.45) is 0 Å². The molecule has 0 aromatic carbocycles. The van der Waals surface area contributed by atoms with E-state index in [-0.39, 0.29) is 16.2 Å². The van der Waals surface area contributed by atoms with Gasteiger partial charge < -0.3 is 9.84 Å². The molecule has 0 atom stereocenters. The summed E-state index contributed by atoms with van der Waals surface area (Å²) in [6.07, 6.45) is 1.15. The average Bonchev–Trinajstić information content (AvgIpc) is 2.03. The van der Waals surface area contributed by atoms with Crippen LogP contribution in [-0.4, -0.2) is 28.2 Å². The molecule has 12 heavy (non-hydrogen) atoms. The van der Waals surface area contributed by atoms with Gasteiger partial charge in [-0.3, -0.25) is 4.98 Å². The van der Waals surface area contributed by atoms with Crippen molar-refractivity contribution in [1.82, 2.24) is 9.97 Å². The molecule has 0 fully saturated rings. The van der Waals surface area contributed by atoms with Gasteiger partial charge in [0.15, 0.2) is 0 Å². The first kappa shape index (κ1) is 8.66. The standard InChI is InChI=1S/C6H6N2O3S/c1-11-6-7-2-3(5(9)10)4(12)8-6/h2H,1H3,(H,9,10)(H,7,8,12). The second-order valence-electron chi connectivity index (χ2n) is 1.94. The summed E-state index contributed by atoms with van der Waals surface area (Å²) in [5.74, 6) is -1.11. The number of nitrogens with zero attached hydrogens (tertiary/aromatic N) is 1. The van der Waals surface area contributed by atoms with Gasteiger partial charge in [0.1, 0.15) is 10.2 Å². The van der Waals surface area contributed by atoms with E-state index in [2.05, 4.69) is 9.97 Å². The van der Waals surface area contributed by atoms with Gasteiger partial charge in [-0.25, -0.2) is 9.78 Å². The fraction of sp³-hybridized carbons (Fsp3) is 0.167. The maximum absolute atomic E-state index is 10.5. The molecule has 0 amide bonds. The molecule has 0 aliphatic heterocycles. The van der Waals surface area contributed by atoms with Crippen molar-refractivity contribution in [1.29, 1.82) is 0 Å². The predicted molar refractivity (Wildman–Crippen MR) is 42.9 cm³/mol. The summed E-state index contributed by atoms with van der Waals surface area (Å²) >= 11 is 4.73. The molecule has 0 bridgehead atoms. The highest BCUT2D eigenvalue weighted by Crippen LogP contribution is 2.04. The van der Waals surface area contributed by atoms with Crippen LogP contribution in [0.1, 0.15) is 10.4 Å². The summed E-state index contributed by atoms with van der Waals surface area (Å²) < 4.78 is 4.81. The Hall–Kier alpha value is -1.43. The number of hydrogen-bond acceptors (Lipinski definition) is 4. The Balaban J connectivity index is 3.21. The SMILES string of the molecule is COc1ncc(C(=O)O)c(=S)[nH]1. The molecule has 64 valence electrons. The van der Waals surface area contributed by atoms with Crippen LogP contribution in [0.4, 0.5) is 0 Å². The molecule has 2 N–H and O–H groups in total. The second kappa shape index (κ2) is 3.31. The van der Waals surface area contributed by atoms with Crippen molar-refractivity contribution in [3.63, 3.8) is 0 Å². The molecular formula is C6H6N2O3S. The lowest BCUT2D eigenvalue weighted by atomic mass is 10.3. The van der Waals surface area contributed by atoms with Crippen LogP contribution in [0.2, 0.25) is 0 Å². The van der Waals surface area contributed by atoms with E-state index in [1.54, 1.807) is 0 Å². The van der Waals surface area contributed by atoms with Crippen molar-refractivity contribution in [3.05, 3.63) is 16.4 Å². The van der Waals surface area contributed by atoms with E-state index in [1.807, 2.05) is 0 Å². The second-order valence-corrected chi connectivity index (χ2v) is 2.35. The lowest BCUT2D eigenvalue weighted by Gasteiger charge is -1.98. The normalized spacial score (nSPS) is 9.42. The van der Waals surface area contributed by atoms with Crippen molar-refractivity contribution in [3.8, 4) is 6.01 Å². The number of carbonyl (C=O) groups is 1. The summed E-state index contributed by atoms with van der Waals surface area (Å²) in [5, 5.41) is 8.56. The van der Waals surface area contributed by atoms with E-state index in [9.17, 15) is 4.79 Å². The Morgan fingerprint density at radius 1 is 1.83 bits per heavy atom. The zero-order chi connectivity index (χ0) is 9.14. The minimum atomic E-state index is -1.11. The molecule has 0 saturated heterocycles. The molecule has 5 nitrogen and oxygen atoms in total. The summed E-state index contributed by atoms with van der Waals surface area (Å²) in [5.41, 5.74) is -0.0363. The molecule has 0 radical (unpaired) electrons. The molecule has 1 rings (SSSR count). The summed E-state index contributed by atoms with van der Waals surface area (Å²) in [6, 6.07) is 0.199. The minimum absolute atomic E-state index is 0.0363. The maximum Gasteiger partial charge on any atom is 0.340 e. The van der Waals surface area contributed by atoms with Crippen LogP contribution in [0.5, 0.6) is 6.01 Å². The molecule has 0 unspecified atom stereocenters. The van der Waals surface area contributed by atoms with Gasteiger partial charge in [0.05, 0.1) is 13.3 Å². The lowest BCUT2D eigenvalue weighted by Crippen LogP contribution is -2.01. The van der Waals surface area contributed by atoms with Gasteiger partial charge in [-0.15, -0.1) is 0 Å². The molecule has 0 aliphatic carbocycles. The number of nitrogens with one attached hydrogen (secondary N) is 1. The molecule has 0 spiro atoms. The van der Waals surface area contributed by atoms with Crippen LogP contribution in [0.15, 0.2) is 6.20 Å². The first-order valence-electron chi connectivity index (χ1n) is 3.01. The summed E-state index contributed by atoms with van der Waals surface area (Å²) in [6.45, 7) is 0. The fourth-order valence-electron chi connectivity index (χ4n) is 0.635. The van der Waals surface area contributed by atoms with Gasteiger partial charge in [-0.1, -0.05) is 12.2 Å². The molecule has 0 saturated carbocycles. The van der Waals surface area contributed by atoms with Crippen LogP contribution in [0.25, 0.3) is 0 Å². The quantitative estimate of drug-likeness (QED) is 0.669. The Morgan fingerprint density at radius 2 is 2.50 bits per heavy atom. The maximum atomic E-state index is 10.5.